The second-order valence-corrected chi connectivity index (χ2v) is 8.20. The molecule has 2 aromatic heterocycles. The number of thiophene rings is 1. The van der Waals surface area contributed by atoms with Crippen molar-refractivity contribution in [3.05, 3.63) is 63.7 Å². The van der Waals surface area contributed by atoms with Gasteiger partial charge in [0, 0.05) is 16.0 Å². The number of rotatable bonds is 5. The molecule has 4 rings (SSSR count). The highest BCUT2D eigenvalue weighted by molar-refractivity contribution is 7.17. The molecule has 0 aliphatic heterocycles. The summed E-state index contributed by atoms with van der Waals surface area (Å²) >= 11 is 1.38. The summed E-state index contributed by atoms with van der Waals surface area (Å²) in [6, 6.07) is 11.5. The summed E-state index contributed by atoms with van der Waals surface area (Å²) < 4.78 is 4.94. The first kappa shape index (κ1) is 20.6. The van der Waals surface area contributed by atoms with E-state index >= 15 is 0 Å². The van der Waals surface area contributed by atoms with Gasteiger partial charge in [0.1, 0.15) is 16.6 Å². The van der Waals surface area contributed by atoms with Gasteiger partial charge in [-0.3, -0.25) is 9.89 Å². The van der Waals surface area contributed by atoms with Gasteiger partial charge >= 0.3 is 5.97 Å². The molecule has 1 aromatic carbocycles. The zero-order valence-corrected chi connectivity index (χ0v) is 17.7. The molecule has 31 heavy (non-hydrogen) atoms. The number of methoxy groups -OCH3 is 1. The molecule has 0 atom stereocenters. The number of ether oxygens (including phenoxy) is 1. The molecule has 3 aromatic rings. The summed E-state index contributed by atoms with van der Waals surface area (Å²) in [5.41, 5.74) is 3.49. The molecule has 156 valence electrons. The second-order valence-electron chi connectivity index (χ2n) is 7.10. The average molecular weight is 433 g/mol. The van der Waals surface area contributed by atoms with E-state index < -0.39 is 11.9 Å². The second kappa shape index (κ2) is 8.98. The number of hydrogen-bond donors (Lipinski definition) is 2. The van der Waals surface area contributed by atoms with E-state index in [1.165, 1.54) is 24.5 Å². The maximum atomic E-state index is 12.9. The van der Waals surface area contributed by atoms with E-state index in [1.54, 1.807) is 6.20 Å². The minimum atomic E-state index is -0.577. The highest BCUT2D eigenvalue weighted by Gasteiger charge is 2.27. The number of fused-ring (bicyclic) bond motifs is 1. The molecule has 0 spiro atoms. The van der Waals surface area contributed by atoms with Crippen molar-refractivity contribution in [2.75, 3.05) is 12.4 Å². The summed E-state index contributed by atoms with van der Waals surface area (Å²) in [4.78, 5) is 26.4. The van der Waals surface area contributed by atoms with Crippen LogP contribution in [-0.4, -0.2) is 29.2 Å². The monoisotopic (exact) mass is 432 g/mol. The van der Waals surface area contributed by atoms with Crippen LogP contribution in [0.15, 0.2) is 42.1 Å². The first-order chi connectivity index (χ1) is 15.1. The number of amides is 1. The van der Waals surface area contributed by atoms with Crippen LogP contribution in [0, 0.1) is 11.3 Å². The number of aromatic amines is 1. The number of hydrogen-bond acceptors (Lipinski definition) is 6. The van der Waals surface area contributed by atoms with E-state index in [-0.39, 0.29) is 5.57 Å². The van der Waals surface area contributed by atoms with Gasteiger partial charge in [0.05, 0.1) is 24.6 Å². The van der Waals surface area contributed by atoms with Gasteiger partial charge in [-0.2, -0.15) is 10.4 Å². The number of aromatic nitrogens is 2. The molecule has 0 fully saturated rings. The number of H-pyrrole nitrogens is 1. The third kappa shape index (κ3) is 4.13. The van der Waals surface area contributed by atoms with Crippen molar-refractivity contribution in [2.45, 2.75) is 25.7 Å². The molecular formula is C23H20N4O3S. The normalized spacial score (nSPS) is 13.2. The lowest BCUT2D eigenvalue weighted by molar-refractivity contribution is -0.112. The summed E-state index contributed by atoms with van der Waals surface area (Å²) in [6.07, 6.45) is 6.75. The number of esters is 1. The van der Waals surface area contributed by atoms with Crippen LogP contribution in [0.4, 0.5) is 5.00 Å². The topological polar surface area (TPSA) is 108 Å². The smallest absolute Gasteiger partial charge is 0.341 e. The Labute approximate surface area is 183 Å². The molecule has 0 saturated carbocycles. The summed E-state index contributed by atoms with van der Waals surface area (Å²) in [6.45, 7) is 0. The third-order valence-corrected chi connectivity index (χ3v) is 6.39. The van der Waals surface area contributed by atoms with Crippen LogP contribution in [0.3, 0.4) is 0 Å². The minimum absolute atomic E-state index is 0.0826. The van der Waals surface area contributed by atoms with Gasteiger partial charge in [-0.15, -0.1) is 11.3 Å². The fourth-order valence-corrected chi connectivity index (χ4v) is 4.96. The van der Waals surface area contributed by atoms with Crippen molar-refractivity contribution < 1.29 is 14.3 Å². The van der Waals surface area contributed by atoms with Gasteiger partial charge in [-0.05, 0) is 37.3 Å². The number of benzene rings is 1. The molecule has 2 N–H and O–H groups in total. The number of anilines is 1. The van der Waals surface area contributed by atoms with Gasteiger partial charge in [0.25, 0.3) is 5.91 Å². The van der Waals surface area contributed by atoms with Crippen LogP contribution in [0.1, 0.15) is 39.2 Å². The van der Waals surface area contributed by atoms with Crippen molar-refractivity contribution in [2.24, 2.45) is 0 Å². The molecule has 0 unspecified atom stereocenters. The Morgan fingerprint density at radius 2 is 2.03 bits per heavy atom. The van der Waals surface area contributed by atoms with Gasteiger partial charge in [-0.25, -0.2) is 4.79 Å². The zero-order chi connectivity index (χ0) is 21.8. The fraction of sp³-hybridized carbons (Fsp3) is 0.217. The molecule has 0 radical (unpaired) electrons. The van der Waals surface area contributed by atoms with E-state index in [2.05, 4.69) is 15.5 Å². The predicted octanol–water partition coefficient (Wildman–Crippen LogP) is 4.35. The Morgan fingerprint density at radius 1 is 1.26 bits per heavy atom. The molecule has 1 aliphatic rings. The lowest BCUT2D eigenvalue weighted by Gasteiger charge is -2.11. The minimum Gasteiger partial charge on any atom is -0.465 e. The summed E-state index contributed by atoms with van der Waals surface area (Å²) in [7, 11) is 1.32. The van der Waals surface area contributed by atoms with Crippen LogP contribution in [-0.2, 0) is 22.4 Å². The number of nitriles is 1. The van der Waals surface area contributed by atoms with Gasteiger partial charge in [0.15, 0.2) is 0 Å². The molecule has 0 bridgehead atoms. The third-order valence-electron chi connectivity index (χ3n) is 5.18. The van der Waals surface area contributed by atoms with E-state index in [0.29, 0.717) is 21.8 Å². The quantitative estimate of drug-likeness (QED) is 0.354. The van der Waals surface area contributed by atoms with E-state index in [0.717, 1.165) is 41.7 Å². The summed E-state index contributed by atoms with van der Waals surface area (Å²) in [5.74, 6) is -1.05. The van der Waals surface area contributed by atoms with Crippen molar-refractivity contribution >= 4 is 34.3 Å². The number of carbonyl (C=O) groups is 2. The van der Waals surface area contributed by atoms with Crippen LogP contribution in [0.25, 0.3) is 17.3 Å². The van der Waals surface area contributed by atoms with Crippen LogP contribution in [0.2, 0.25) is 0 Å². The predicted molar refractivity (Wildman–Crippen MR) is 119 cm³/mol. The highest BCUT2D eigenvalue weighted by Crippen LogP contribution is 2.38. The Hall–Kier alpha value is -3.70. The number of nitrogens with zero attached hydrogens (tertiary/aromatic N) is 2. The fourth-order valence-electron chi connectivity index (χ4n) is 3.69. The van der Waals surface area contributed by atoms with Crippen molar-refractivity contribution in [1.29, 1.82) is 5.26 Å². The van der Waals surface area contributed by atoms with Gasteiger partial charge in [-0.1, -0.05) is 30.3 Å². The first-order valence-electron chi connectivity index (χ1n) is 9.87. The number of carbonyl (C=O) groups excluding carboxylic acids is 2. The van der Waals surface area contributed by atoms with E-state index in [4.69, 9.17) is 4.74 Å². The molecule has 7 nitrogen and oxygen atoms in total. The average Bonchev–Trinajstić information content (AvgIpc) is 3.41. The zero-order valence-electron chi connectivity index (χ0n) is 16.9. The number of nitrogens with one attached hydrogen (secondary N) is 2. The van der Waals surface area contributed by atoms with Crippen molar-refractivity contribution in [3.8, 4) is 17.3 Å². The Kier molecular flexibility index (Phi) is 5.96. The Morgan fingerprint density at radius 3 is 2.77 bits per heavy atom. The molecule has 1 amide bonds. The molecule has 1 aliphatic carbocycles. The molecular weight excluding hydrogens is 412 g/mol. The van der Waals surface area contributed by atoms with Crippen LogP contribution < -0.4 is 5.32 Å². The molecule has 0 saturated heterocycles. The van der Waals surface area contributed by atoms with Crippen molar-refractivity contribution in [1.82, 2.24) is 10.2 Å². The highest BCUT2D eigenvalue weighted by atomic mass is 32.1. The first-order valence-corrected chi connectivity index (χ1v) is 10.7. The van der Waals surface area contributed by atoms with Gasteiger partial charge < -0.3 is 10.1 Å². The molecule has 2 heterocycles. The Balaban J connectivity index is 1.65. The standard InChI is InChI=1S/C23H20N4O3S/c1-30-23(29)19-17-9-5-6-10-18(17)31-22(19)26-21(28)15(12-24)11-16-13-25-27-20(16)14-7-3-2-4-8-14/h2-4,7-8,11,13H,5-6,9-10H2,1H3,(H,25,27)(H,26,28)/b15-11+. The summed E-state index contributed by atoms with van der Waals surface area (Å²) in [5, 5.41) is 19.8. The van der Waals surface area contributed by atoms with Gasteiger partial charge in [0.2, 0.25) is 0 Å². The maximum Gasteiger partial charge on any atom is 0.341 e. The maximum absolute atomic E-state index is 12.9. The van der Waals surface area contributed by atoms with E-state index in [9.17, 15) is 14.9 Å². The largest absolute Gasteiger partial charge is 0.465 e. The van der Waals surface area contributed by atoms with Crippen LogP contribution in [0.5, 0.6) is 0 Å². The van der Waals surface area contributed by atoms with E-state index in [1.807, 2.05) is 36.4 Å². The van der Waals surface area contributed by atoms with Crippen molar-refractivity contribution in [3.63, 3.8) is 0 Å². The lowest BCUT2D eigenvalue weighted by atomic mass is 9.95. The lowest BCUT2D eigenvalue weighted by Crippen LogP contribution is -2.16. The Bertz CT molecular complexity index is 1200. The SMILES string of the molecule is COC(=O)c1c(NC(=O)/C(C#N)=C/c2cn[nH]c2-c2ccccc2)sc2c1CCCC2. The van der Waals surface area contributed by atoms with Crippen LogP contribution >= 0.6 is 11.3 Å². The molecule has 8 heteroatoms. The number of aryl methyl sites for hydroxylation is 1.